The number of carbonyl (C=O) groups excluding carboxylic acids is 6. The standard InChI is InChI=1S/C26H31N5O4.C14H18N2O3.C12H14BrN3O.C5H13N/c1-16-23(32)28(5)19-13-14-21(27-22(19)30(16)18-11-12-18)31-20(17-9-7-6-8-10-17)15-29(24(31)33)25(34)35-26(2,3)4;1-14(2,3)19-13(18)16-9-11(15-12(16)17)10-7-5-4-6-8-10;1-7-12(17)15(2)9-5-6-10(13)14-11(9)16(7)8-3-4-8;1-3-4-5-6-2/h6-10,13-14,16,18,20H,11-12,15H2,1-5H3;4-8,11H,9H2,1-3H3,(H,15,17);5-8H,3-4H2,1-2H3;6H,3-5H2,1-2H3. The van der Waals surface area contributed by atoms with Gasteiger partial charge in [-0.05, 0) is 152 Å². The second-order valence-electron chi connectivity index (χ2n) is 22.0. The Hall–Kier alpha value is -6.80. The van der Waals surface area contributed by atoms with Crippen LogP contribution in [-0.2, 0) is 19.1 Å². The number of halogens is 1. The number of fused-ring (bicyclic) bond motifs is 2. The first-order chi connectivity index (χ1) is 36.4. The number of unbranched alkanes of at least 4 members (excludes halogenated alkanes) is 1. The zero-order chi connectivity index (χ0) is 56.1. The SMILES string of the molecule is CC(C)(C)OC(=O)N1CC(c2ccccc2)NC1=O.CC1C(=O)N(C)c2ccc(Br)nc2N1C1CC1.CC1C(=O)N(C)c2ccc(N3C(=O)N(C(=O)OC(C)(C)C)CC3c3ccccc3)nc2N1C1CC1.CCCCNC. The van der Waals surface area contributed by atoms with Crippen LogP contribution in [0.1, 0.15) is 124 Å². The summed E-state index contributed by atoms with van der Waals surface area (Å²) < 4.78 is 11.5. The molecule has 6 aliphatic rings. The molecule has 2 saturated carbocycles. The lowest BCUT2D eigenvalue weighted by Gasteiger charge is -2.40. The molecular formula is C57H76BrN11O8. The van der Waals surface area contributed by atoms with Crippen molar-refractivity contribution in [3.63, 3.8) is 0 Å². The fraction of sp³-hybridized carbons (Fsp3) is 0.509. The van der Waals surface area contributed by atoms with E-state index in [-0.39, 0.29) is 49.1 Å². The van der Waals surface area contributed by atoms with Crippen molar-refractivity contribution >= 4 is 80.8 Å². The Kier molecular flexibility index (Phi) is 18.2. The van der Waals surface area contributed by atoms with E-state index in [9.17, 15) is 28.8 Å². The molecular weight excluding hydrogens is 1050 g/mol. The van der Waals surface area contributed by atoms with Crippen molar-refractivity contribution in [1.29, 1.82) is 0 Å². The average molecular weight is 1120 g/mol. The van der Waals surface area contributed by atoms with Gasteiger partial charge in [0.15, 0.2) is 11.6 Å². The summed E-state index contributed by atoms with van der Waals surface area (Å²) in [5.41, 5.74) is 2.16. The van der Waals surface area contributed by atoms with Crippen molar-refractivity contribution in [2.45, 2.75) is 148 Å². The summed E-state index contributed by atoms with van der Waals surface area (Å²) in [4.78, 5) is 96.1. The maximum Gasteiger partial charge on any atom is 0.418 e. The third-order valence-electron chi connectivity index (χ3n) is 13.6. The Balaban J connectivity index is 0.000000172. The molecule has 2 saturated heterocycles. The predicted octanol–water partition coefficient (Wildman–Crippen LogP) is 10.2. The Morgan fingerprint density at radius 3 is 1.62 bits per heavy atom. The first-order valence-electron chi connectivity index (χ1n) is 26.6. The van der Waals surface area contributed by atoms with Crippen molar-refractivity contribution in [3.05, 3.63) is 101 Å². The van der Waals surface area contributed by atoms with E-state index in [2.05, 4.69) is 48.3 Å². The predicted molar refractivity (Wildman–Crippen MR) is 302 cm³/mol. The molecule has 4 aromatic rings. The minimum Gasteiger partial charge on any atom is -0.443 e. The van der Waals surface area contributed by atoms with Crippen LogP contribution in [0.4, 0.5) is 48.0 Å². The summed E-state index contributed by atoms with van der Waals surface area (Å²) >= 11 is 3.40. The Labute approximate surface area is 461 Å². The number of likely N-dealkylation sites (N-methyl/N-ethyl adjacent to an activating group) is 2. The fourth-order valence-corrected chi connectivity index (χ4v) is 9.77. The minimum absolute atomic E-state index is 0.0226. The molecule has 19 nitrogen and oxygen atoms in total. The first kappa shape index (κ1) is 57.9. The highest BCUT2D eigenvalue weighted by atomic mass is 79.9. The summed E-state index contributed by atoms with van der Waals surface area (Å²) in [6, 6.07) is 25.4. The molecule has 8 amide bonds. The average Bonchev–Trinajstić information content (AvgIpc) is 4.37. The monoisotopic (exact) mass is 1120 g/mol. The molecule has 0 radical (unpaired) electrons. The molecule has 414 valence electrons. The number of carbonyl (C=O) groups is 6. The van der Waals surface area contributed by atoms with E-state index in [1.54, 1.807) is 69.4 Å². The summed E-state index contributed by atoms with van der Waals surface area (Å²) in [5, 5.41) is 5.84. The Bertz CT molecular complexity index is 2760. The lowest BCUT2D eigenvalue weighted by Crippen LogP contribution is -2.52. The number of rotatable bonds is 8. The zero-order valence-electron chi connectivity index (χ0n) is 46.6. The largest absolute Gasteiger partial charge is 0.443 e. The molecule has 6 heterocycles. The highest BCUT2D eigenvalue weighted by molar-refractivity contribution is 9.10. The number of nitrogens with one attached hydrogen (secondary N) is 2. The molecule has 2 aromatic carbocycles. The van der Waals surface area contributed by atoms with Crippen molar-refractivity contribution < 1.29 is 38.2 Å². The number of aromatic nitrogens is 2. The van der Waals surface area contributed by atoms with Gasteiger partial charge in [-0.1, -0.05) is 74.0 Å². The lowest BCUT2D eigenvalue weighted by molar-refractivity contribution is -0.120. The third-order valence-corrected chi connectivity index (χ3v) is 14.1. The van der Waals surface area contributed by atoms with Crippen molar-refractivity contribution in [2.75, 3.05) is 65.3 Å². The van der Waals surface area contributed by atoms with Gasteiger partial charge in [0.2, 0.25) is 11.8 Å². The molecule has 0 spiro atoms. The van der Waals surface area contributed by atoms with Gasteiger partial charge in [-0.2, -0.15) is 0 Å². The Morgan fingerprint density at radius 1 is 0.675 bits per heavy atom. The van der Waals surface area contributed by atoms with Crippen LogP contribution in [0.3, 0.4) is 0 Å². The number of hydrogen-bond acceptors (Lipinski definition) is 13. The smallest absolute Gasteiger partial charge is 0.418 e. The normalized spacial score (nSPS) is 21.0. The molecule has 0 bridgehead atoms. The molecule has 2 N–H and O–H groups in total. The van der Waals surface area contributed by atoms with Gasteiger partial charge >= 0.3 is 24.2 Å². The number of ether oxygens (including phenoxy) is 2. The number of urea groups is 2. The van der Waals surface area contributed by atoms with Crippen LogP contribution in [0.2, 0.25) is 0 Å². The van der Waals surface area contributed by atoms with Crippen LogP contribution in [0.5, 0.6) is 0 Å². The summed E-state index contributed by atoms with van der Waals surface area (Å²) in [5.74, 6) is 2.23. The number of hydrogen-bond donors (Lipinski definition) is 2. The Morgan fingerprint density at radius 2 is 1.16 bits per heavy atom. The number of nitrogens with zero attached hydrogens (tertiary/aromatic N) is 9. The van der Waals surface area contributed by atoms with E-state index in [4.69, 9.17) is 14.5 Å². The van der Waals surface area contributed by atoms with Crippen LogP contribution in [0.15, 0.2) is 89.5 Å². The van der Waals surface area contributed by atoms with Crippen LogP contribution in [0, 0.1) is 0 Å². The van der Waals surface area contributed by atoms with Gasteiger partial charge in [-0.15, -0.1) is 0 Å². The summed E-state index contributed by atoms with van der Waals surface area (Å²) in [7, 11) is 5.55. The van der Waals surface area contributed by atoms with Crippen LogP contribution in [0.25, 0.3) is 0 Å². The number of pyridine rings is 2. The van der Waals surface area contributed by atoms with Crippen molar-refractivity contribution in [1.82, 2.24) is 30.4 Å². The molecule has 4 aliphatic heterocycles. The van der Waals surface area contributed by atoms with Crippen molar-refractivity contribution in [3.8, 4) is 0 Å². The molecule has 2 aliphatic carbocycles. The summed E-state index contributed by atoms with van der Waals surface area (Å²) in [6.07, 6.45) is 5.65. The molecule has 4 fully saturated rings. The van der Waals surface area contributed by atoms with Crippen LogP contribution in [-0.4, -0.2) is 132 Å². The number of benzene rings is 2. The van der Waals surface area contributed by atoms with Gasteiger partial charge in [-0.3, -0.25) is 14.5 Å². The van der Waals surface area contributed by atoms with E-state index in [0.717, 1.165) is 75.0 Å². The van der Waals surface area contributed by atoms with Gasteiger partial charge < -0.3 is 39.7 Å². The fourth-order valence-electron chi connectivity index (χ4n) is 9.47. The topological polar surface area (TPSA) is 193 Å². The zero-order valence-corrected chi connectivity index (χ0v) is 48.2. The van der Waals surface area contributed by atoms with E-state index < -0.39 is 41.5 Å². The number of anilines is 5. The highest BCUT2D eigenvalue weighted by Gasteiger charge is 2.47. The molecule has 77 heavy (non-hydrogen) atoms. The van der Waals surface area contributed by atoms with Gasteiger partial charge in [0.05, 0.1) is 36.5 Å². The maximum atomic E-state index is 13.6. The highest BCUT2D eigenvalue weighted by Crippen LogP contribution is 2.45. The quantitative estimate of drug-likeness (QED) is 0.125. The molecule has 2 aromatic heterocycles. The van der Waals surface area contributed by atoms with Gasteiger partial charge in [0.1, 0.15) is 33.7 Å². The van der Waals surface area contributed by atoms with E-state index in [1.807, 2.05) is 107 Å². The minimum atomic E-state index is -0.727. The van der Waals surface area contributed by atoms with E-state index >= 15 is 0 Å². The maximum absolute atomic E-state index is 13.6. The van der Waals surface area contributed by atoms with Crippen LogP contribution >= 0.6 is 15.9 Å². The van der Waals surface area contributed by atoms with E-state index in [1.165, 1.54) is 12.8 Å². The number of amides is 8. The van der Waals surface area contributed by atoms with Crippen molar-refractivity contribution in [2.24, 2.45) is 0 Å². The molecule has 4 unspecified atom stereocenters. The second kappa shape index (κ2) is 24.3. The first-order valence-corrected chi connectivity index (χ1v) is 27.4. The second-order valence-corrected chi connectivity index (χ2v) is 22.9. The van der Waals surface area contributed by atoms with Gasteiger partial charge in [0.25, 0.3) is 0 Å². The van der Waals surface area contributed by atoms with Crippen LogP contribution < -0.4 is 35.1 Å². The number of imide groups is 2. The molecule has 4 atom stereocenters. The van der Waals surface area contributed by atoms with Gasteiger partial charge in [0, 0.05) is 26.2 Å². The van der Waals surface area contributed by atoms with Gasteiger partial charge in [-0.25, -0.2) is 38.9 Å². The summed E-state index contributed by atoms with van der Waals surface area (Å²) in [6.45, 7) is 18.3. The van der Waals surface area contributed by atoms with E-state index in [0.29, 0.717) is 17.7 Å². The molecule has 20 heteroatoms. The molecule has 10 rings (SSSR count). The lowest BCUT2D eigenvalue weighted by atomic mass is 10.1. The third kappa shape index (κ3) is 13.9.